The zero-order valence-electron chi connectivity index (χ0n) is 12.6. The smallest absolute Gasteiger partial charge is 0.253 e. The molecule has 0 bridgehead atoms. The molecular formula is C16H23FN2O2. The van der Waals surface area contributed by atoms with E-state index in [1.165, 1.54) is 24.6 Å². The van der Waals surface area contributed by atoms with E-state index >= 15 is 0 Å². The highest BCUT2D eigenvalue weighted by Crippen LogP contribution is 2.27. The highest BCUT2D eigenvalue weighted by atomic mass is 19.1. The molecule has 1 aliphatic carbocycles. The summed E-state index contributed by atoms with van der Waals surface area (Å²) in [6.07, 6.45) is 3.96. The Bertz CT molecular complexity index is 507. The van der Waals surface area contributed by atoms with Crippen LogP contribution in [0.15, 0.2) is 18.2 Å². The zero-order chi connectivity index (χ0) is 15.4. The molecule has 1 aliphatic rings. The molecule has 3 unspecified atom stereocenters. The van der Waals surface area contributed by atoms with Crippen molar-refractivity contribution >= 4 is 17.3 Å². The summed E-state index contributed by atoms with van der Waals surface area (Å²) in [6.45, 7) is 3.94. The van der Waals surface area contributed by atoms with Crippen LogP contribution < -0.4 is 11.1 Å². The third-order valence-corrected chi connectivity index (χ3v) is 3.93. The first kappa shape index (κ1) is 15.8. The maximum Gasteiger partial charge on any atom is 0.253 e. The number of nitrogens with one attached hydrogen (secondary N) is 1. The number of benzene rings is 1. The number of carbonyl (C=O) groups is 1. The number of hydrogen-bond donors (Lipinski definition) is 2. The number of anilines is 2. The molecule has 1 fully saturated rings. The van der Waals surface area contributed by atoms with Crippen molar-refractivity contribution in [3.8, 4) is 0 Å². The van der Waals surface area contributed by atoms with Crippen LogP contribution in [0.4, 0.5) is 15.8 Å². The summed E-state index contributed by atoms with van der Waals surface area (Å²) in [7, 11) is 0. The molecule has 1 amide bonds. The van der Waals surface area contributed by atoms with E-state index in [0.29, 0.717) is 11.6 Å². The van der Waals surface area contributed by atoms with Crippen LogP contribution in [0, 0.1) is 11.7 Å². The minimum atomic E-state index is -0.551. The molecule has 0 aromatic heterocycles. The summed E-state index contributed by atoms with van der Waals surface area (Å²) in [5.41, 5.74) is 6.30. The van der Waals surface area contributed by atoms with Crippen LogP contribution in [-0.2, 0) is 9.53 Å². The molecule has 0 radical (unpaired) electrons. The Balaban J connectivity index is 1.90. The second-order valence-corrected chi connectivity index (χ2v) is 5.89. The van der Waals surface area contributed by atoms with E-state index < -0.39 is 11.9 Å². The molecule has 1 aromatic carbocycles. The molecule has 2 rings (SSSR count). The maximum absolute atomic E-state index is 13.0. The van der Waals surface area contributed by atoms with Crippen molar-refractivity contribution in [3.63, 3.8) is 0 Å². The van der Waals surface area contributed by atoms with Gasteiger partial charge in [0.1, 0.15) is 11.9 Å². The standard InChI is InChI=1S/C16H23FN2O2/c1-10-4-3-5-13(8-10)21-11(2)16(20)19-15-7-6-12(17)9-14(15)18/h6-7,9-11,13H,3-5,8,18H2,1-2H3,(H,19,20). The number of ether oxygens (including phenoxy) is 1. The Labute approximate surface area is 124 Å². The number of rotatable bonds is 4. The largest absolute Gasteiger partial charge is 0.397 e. The van der Waals surface area contributed by atoms with Gasteiger partial charge in [0, 0.05) is 0 Å². The van der Waals surface area contributed by atoms with E-state index in [0.717, 1.165) is 19.3 Å². The summed E-state index contributed by atoms with van der Waals surface area (Å²) >= 11 is 0. The van der Waals surface area contributed by atoms with E-state index in [1.54, 1.807) is 6.92 Å². The summed E-state index contributed by atoms with van der Waals surface area (Å²) < 4.78 is 18.8. The molecule has 0 saturated heterocycles. The van der Waals surface area contributed by atoms with Crippen molar-refractivity contribution in [3.05, 3.63) is 24.0 Å². The number of nitrogen functional groups attached to an aromatic ring is 1. The fraction of sp³-hybridized carbons (Fsp3) is 0.562. The Morgan fingerprint density at radius 3 is 2.90 bits per heavy atom. The van der Waals surface area contributed by atoms with Crippen molar-refractivity contribution in [2.45, 2.75) is 51.7 Å². The van der Waals surface area contributed by atoms with E-state index in [-0.39, 0.29) is 17.7 Å². The SMILES string of the molecule is CC1CCCC(OC(C)C(=O)Nc2ccc(F)cc2N)C1. The molecule has 0 spiro atoms. The van der Waals surface area contributed by atoms with Gasteiger partial charge < -0.3 is 15.8 Å². The van der Waals surface area contributed by atoms with Gasteiger partial charge in [-0.2, -0.15) is 0 Å². The first-order valence-electron chi connectivity index (χ1n) is 7.47. The topological polar surface area (TPSA) is 64.3 Å². The van der Waals surface area contributed by atoms with Crippen LogP contribution >= 0.6 is 0 Å². The van der Waals surface area contributed by atoms with Crippen molar-refractivity contribution in [1.29, 1.82) is 0 Å². The van der Waals surface area contributed by atoms with Gasteiger partial charge in [0.05, 0.1) is 17.5 Å². The van der Waals surface area contributed by atoms with Crippen molar-refractivity contribution in [1.82, 2.24) is 0 Å². The summed E-state index contributed by atoms with van der Waals surface area (Å²) in [5.74, 6) is -0.0377. The molecule has 3 N–H and O–H groups in total. The summed E-state index contributed by atoms with van der Waals surface area (Å²) in [6, 6.07) is 3.90. The van der Waals surface area contributed by atoms with Crippen molar-refractivity contribution in [2.75, 3.05) is 11.1 Å². The molecular weight excluding hydrogens is 271 g/mol. The molecule has 0 aliphatic heterocycles. The molecule has 116 valence electrons. The van der Waals surface area contributed by atoms with E-state index in [1.807, 2.05) is 0 Å². The van der Waals surface area contributed by atoms with Crippen LogP contribution in [0.25, 0.3) is 0 Å². The average molecular weight is 294 g/mol. The normalized spacial score (nSPS) is 23.6. The quantitative estimate of drug-likeness (QED) is 0.837. The molecule has 4 nitrogen and oxygen atoms in total. The zero-order valence-corrected chi connectivity index (χ0v) is 12.6. The van der Waals surface area contributed by atoms with Gasteiger partial charge in [0.2, 0.25) is 0 Å². The van der Waals surface area contributed by atoms with E-state index in [4.69, 9.17) is 10.5 Å². The number of amides is 1. The van der Waals surface area contributed by atoms with Gasteiger partial charge in [-0.15, -0.1) is 0 Å². The Morgan fingerprint density at radius 1 is 1.48 bits per heavy atom. The van der Waals surface area contributed by atoms with Crippen LogP contribution in [-0.4, -0.2) is 18.1 Å². The molecule has 0 heterocycles. The monoisotopic (exact) mass is 294 g/mol. The van der Waals surface area contributed by atoms with Crippen LogP contribution in [0.2, 0.25) is 0 Å². The number of hydrogen-bond acceptors (Lipinski definition) is 3. The summed E-state index contributed by atoms with van der Waals surface area (Å²) in [5, 5.41) is 2.68. The molecule has 21 heavy (non-hydrogen) atoms. The van der Waals surface area contributed by atoms with Gasteiger partial charge in [-0.05, 0) is 43.9 Å². The first-order chi connectivity index (χ1) is 9.95. The van der Waals surface area contributed by atoms with Crippen LogP contribution in [0.5, 0.6) is 0 Å². The van der Waals surface area contributed by atoms with Gasteiger partial charge in [-0.1, -0.05) is 19.8 Å². The summed E-state index contributed by atoms with van der Waals surface area (Å²) in [4.78, 5) is 12.1. The Kier molecular flexibility index (Phi) is 5.17. The van der Waals surface area contributed by atoms with Crippen molar-refractivity contribution in [2.24, 2.45) is 5.92 Å². The molecule has 5 heteroatoms. The minimum Gasteiger partial charge on any atom is -0.397 e. The number of nitrogens with two attached hydrogens (primary N) is 1. The second kappa shape index (κ2) is 6.89. The lowest BCUT2D eigenvalue weighted by Crippen LogP contribution is -2.33. The number of halogens is 1. The second-order valence-electron chi connectivity index (χ2n) is 5.89. The van der Waals surface area contributed by atoms with Gasteiger partial charge in [0.25, 0.3) is 5.91 Å². The molecule has 3 atom stereocenters. The molecule has 1 aromatic rings. The third kappa shape index (κ3) is 4.43. The Morgan fingerprint density at radius 2 is 2.24 bits per heavy atom. The first-order valence-corrected chi connectivity index (χ1v) is 7.47. The van der Waals surface area contributed by atoms with Crippen molar-refractivity contribution < 1.29 is 13.9 Å². The molecule has 1 saturated carbocycles. The van der Waals surface area contributed by atoms with E-state index in [9.17, 15) is 9.18 Å². The highest BCUT2D eigenvalue weighted by molar-refractivity contribution is 5.96. The highest BCUT2D eigenvalue weighted by Gasteiger charge is 2.24. The van der Waals surface area contributed by atoms with E-state index in [2.05, 4.69) is 12.2 Å². The lowest BCUT2D eigenvalue weighted by molar-refractivity contribution is -0.131. The fourth-order valence-corrected chi connectivity index (χ4v) is 2.73. The van der Waals surface area contributed by atoms with Crippen LogP contribution in [0.1, 0.15) is 39.5 Å². The van der Waals surface area contributed by atoms with Crippen LogP contribution in [0.3, 0.4) is 0 Å². The van der Waals surface area contributed by atoms with Gasteiger partial charge in [0.15, 0.2) is 0 Å². The number of carbonyl (C=O) groups excluding carboxylic acids is 1. The maximum atomic E-state index is 13.0. The lowest BCUT2D eigenvalue weighted by atomic mass is 9.88. The van der Waals surface area contributed by atoms with Gasteiger partial charge in [-0.3, -0.25) is 4.79 Å². The minimum absolute atomic E-state index is 0.139. The third-order valence-electron chi connectivity index (χ3n) is 3.93. The fourth-order valence-electron chi connectivity index (χ4n) is 2.73. The Hall–Kier alpha value is -1.62. The predicted molar refractivity (Wildman–Crippen MR) is 81.4 cm³/mol. The lowest BCUT2D eigenvalue weighted by Gasteiger charge is -2.29. The average Bonchev–Trinajstić information content (AvgIpc) is 2.41. The van der Waals surface area contributed by atoms with Gasteiger partial charge >= 0.3 is 0 Å². The van der Waals surface area contributed by atoms with Gasteiger partial charge in [-0.25, -0.2) is 4.39 Å². The predicted octanol–water partition coefficient (Wildman–Crippen LogP) is 3.33.